The number of hydrogen-bond acceptors (Lipinski definition) is 6. The van der Waals surface area contributed by atoms with Crippen LogP contribution in [0.1, 0.15) is 26.6 Å². The normalized spacial score (nSPS) is 11.4. The lowest BCUT2D eigenvalue weighted by atomic mass is 9.96. The molecule has 1 aromatic rings. The van der Waals surface area contributed by atoms with Gasteiger partial charge in [-0.3, -0.25) is 5.43 Å². The quantitative estimate of drug-likeness (QED) is 0.418. The number of rotatable bonds is 1. The lowest BCUT2D eigenvalue weighted by molar-refractivity contribution is 0.544. The molecule has 0 aliphatic heterocycles. The topological polar surface area (TPSA) is 103 Å². The summed E-state index contributed by atoms with van der Waals surface area (Å²) in [7, 11) is 0. The van der Waals surface area contributed by atoms with Gasteiger partial charge in [-0.25, -0.2) is 5.84 Å². The minimum atomic E-state index is -0.164. The second-order valence-corrected chi connectivity index (χ2v) is 3.74. The number of nitrogen functional groups attached to an aromatic ring is 2. The van der Waals surface area contributed by atoms with Crippen LogP contribution < -0.4 is 17.0 Å². The van der Waals surface area contributed by atoms with Crippen molar-refractivity contribution in [3.8, 4) is 0 Å². The molecule has 1 rings (SSSR count). The predicted octanol–water partition coefficient (Wildman–Crippen LogP) is 0.0369. The van der Waals surface area contributed by atoms with Crippen LogP contribution >= 0.6 is 0 Å². The minimum Gasteiger partial charge on any atom is -0.368 e. The molecule has 0 saturated heterocycles. The van der Waals surface area contributed by atoms with E-state index in [1.54, 1.807) is 0 Å². The van der Waals surface area contributed by atoms with Crippen LogP contribution in [0.25, 0.3) is 0 Å². The van der Waals surface area contributed by atoms with E-state index in [2.05, 4.69) is 20.4 Å². The van der Waals surface area contributed by atoms with Crippen LogP contribution in [0, 0.1) is 0 Å². The highest BCUT2D eigenvalue weighted by atomic mass is 15.3. The molecular formula is C7H14N6. The van der Waals surface area contributed by atoms with Gasteiger partial charge in [-0.15, -0.1) is 0 Å². The maximum Gasteiger partial charge on any atom is 0.242 e. The van der Waals surface area contributed by atoms with E-state index in [9.17, 15) is 0 Å². The number of nitrogens with zero attached hydrogens (tertiary/aromatic N) is 3. The molecule has 0 aromatic carbocycles. The van der Waals surface area contributed by atoms with E-state index < -0.39 is 0 Å². The van der Waals surface area contributed by atoms with Gasteiger partial charge in [0, 0.05) is 5.41 Å². The Hall–Kier alpha value is -1.43. The van der Waals surface area contributed by atoms with Crippen LogP contribution in [0.2, 0.25) is 0 Å². The van der Waals surface area contributed by atoms with Crippen molar-refractivity contribution < 1.29 is 0 Å². The molecule has 0 saturated carbocycles. The lowest BCUT2D eigenvalue weighted by Crippen LogP contribution is -2.21. The smallest absolute Gasteiger partial charge is 0.242 e. The maximum atomic E-state index is 5.47. The maximum absolute atomic E-state index is 5.47. The first-order valence-corrected chi connectivity index (χ1v) is 3.92. The van der Waals surface area contributed by atoms with Crippen molar-refractivity contribution in [2.75, 3.05) is 11.2 Å². The largest absolute Gasteiger partial charge is 0.368 e. The molecule has 0 aliphatic carbocycles. The van der Waals surface area contributed by atoms with Crippen molar-refractivity contribution in [1.82, 2.24) is 15.0 Å². The Kier molecular flexibility index (Phi) is 2.33. The van der Waals surface area contributed by atoms with E-state index in [-0.39, 0.29) is 17.3 Å². The van der Waals surface area contributed by atoms with Crippen LogP contribution in [0.5, 0.6) is 0 Å². The number of nitrogens with one attached hydrogen (secondary N) is 1. The molecule has 72 valence electrons. The third kappa shape index (κ3) is 2.25. The van der Waals surface area contributed by atoms with Gasteiger partial charge in [0.25, 0.3) is 0 Å². The fourth-order valence-electron chi connectivity index (χ4n) is 0.792. The van der Waals surface area contributed by atoms with Crippen LogP contribution in [-0.4, -0.2) is 15.0 Å². The average molecular weight is 182 g/mol. The van der Waals surface area contributed by atoms with Crippen molar-refractivity contribution in [3.05, 3.63) is 5.82 Å². The summed E-state index contributed by atoms with van der Waals surface area (Å²) < 4.78 is 0. The van der Waals surface area contributed by atoms with Crippen LogP contribution in [0.4, 0.5) is 11.9 Å². The van der Waals surface area contributed by atoms with E-state index in [1.807, 2.05) is 20.8 Å². The zero-order valence-electron chi connectivity index (χ0n) is 8.00. The summed E-state index contributed by atoms with van der Waals surface area (Å²) in [5, 5.41) is 0. The fraction of sp³-hybridized carbons (Fsp3) is 0.571. The standard InChI is InChI=1S/C7H14N6/c1-7(2,3)4-10-5(8)12-6(11-4)13-9/h9H2,1-3H3,(H3,8,10,11,12,13). The zero-order chi connectivity index (χ0) is 10.1. The van der Waals surface area contributed by atoms with Crippen LogP contribution in [-0.2, 0) is 5.41 Å². The Morgan fingerprint density at radius 2 is 1.77 bits per heavy atom. The van der Waals surface area contributed by atoms with Crippen molar-refractivity contribution in [1.29, 1.82) is 0 Å². The van der Waals surface area contributed by atoms with Gasteiger partial charge < -0.3 is 5.73 Å². The van der Waals surface area contributed by atoms with Gasteiger partial charge in [-0.1, -0.05) is 20.8 Å². The lowest BCUT2D eigenvalue weighted by Gasteiger charge is -2.16. The molecule has 1 heterocycles. The van der Waals surface area contributed by atoms with Gasteiger partial charge in [0.2, 0.25) is 11.9 Å². The van der Waals surface area contributed by atoms with E-state index in [4.69, 9.17) is 11.6 Å². The van der Waals surface area contributed by atoms with Crippen LogP contribution in [0.15, 0.2) is 0 Å². The molecule has 0 fully saturated rings. The average Bonchev–Trinajstić information content (AvgIpc) is 2.01. The van der Waals surface area contributed by atoms with Gasteiger partial charge in [0.1, 0.15) is 5.82 Å². The molecule has 0 aliphatic rings. The third-order valence-corrected chi connectivity index (χ3v) is 1.45. The summed E-state index contributed by atoms with van der Waals surface area (Å²) in [4.78, 5) is 11.9. The van der Waals surface area contributed by atoms with E-state index >= 15 is 0 Å². The summed E-state index contributed by atoms with van der Waals surface area (Å²) in [6, 6.07) is 0. The second-order valence-electron chi connectivity index (χ2n) is 3.74. The molecule has 0 atom stereocenters. The zero-order valence-corrected chi connectivity index (χ0v) is 8.00. The number of nitrogens with two attached hydrogens (primary N) is 2. The molecule has 0 spiro atoms. The van der Waals surface area contributed by atoms with Crippen molar-refractivity contribution in [2.24, 2.45) is 5.84 Å². The summed E-state index contributed by atoms with van der Waals surface area (Å²) in [5.41, 5.74) is 7.65. The second kappa shape index (κ2) is 3.14. The number of hydrazine groups is 1. The Labute approximate surface area is 76.7 Å². The number of hydrogen-bond donors (Lipinski definition) is 3. The molecule has 0 unspecified atom stereocenters. The highest BCUT2D eigenvalue weighted by Gasteiger charge is 2.18. The minimum absolute atomic E-state index is 0.164. The van der Waals surface area contributed by atoms with E-state index in [0.717, 1.165) is 0 Å². The summed E-state index contributed by atoms with van der Waals surface area (Å²) in [5.74, 6) is 6.25. The summed E-state index contributed by atoms with van der Waals surface area (Å²) in [6.07, 6.45) is 0. The van der Waals surface area contributed by atoms with E-state index in [1.165, 1.54) is 0 Å². The Balaban J connectivity index is 3.16. The van der Waals surface area contributed by atoms with Gasteiger partial charge in [-0.2, -0.15) is 15.0 Å². The van der Waals surface area contributed by atoms with Gasteiger partial charge in [0.05, 0.1) is 0 Å². The molecule has 0 bridgehead atoms. The van der Waals surface area contributed by atoms with Crippen molar-refractivity contribution in [3.63, 3.8) is 0 Å². The summed E-state index contributed by atoms with van der Waals surface area (Å²) in [6.45, 7) is 5.96. The first-order chi connectivity index (χ1) is 5.93. The third-order valence-electron chi connectivity index (χ3n) is 1.45. The monoisotopic (exact) mass is 182 g/mol. The molecule has 0 amide bonds. The molecule has 0 radical (unpaired) electrons. The highest BCUT2D eigenvalue weighted by Crippen LogP contribution is 2.18. The molecule has 13 heavy (non-hydrogen) atoms. The molecule has 6 heteroatoms. The van der Waals surface area contributed by atoms with Crippen molar-refractivity contribution in [2.45, 2.75) is 26.2 Å². The predicted molar refractivity (Wildman–Crippen MR) is 50.7 cm³/mol. The fourth-order valence-corrected chi connectivity index (χ4v) is 0.792. The van der Waals surface area contributed by atoms with Gasteiger partial charge >= 0.3 is 0 Å². The first-order valence-electron chi connectivity index (χ1n) is 3.92. The van der Waals surface area contributed by atoms with Crippen LogP contribution in [0.3, 0.4) is 0 Å². The SMILES string of the molecule is CC(C)(C)c1nc(N)nc(NN)n1. The Bertz CT molecular complexity index is 302. The molecule has 1 aromatic heterocycles. The molecule has 6 nitrogen and oxygen atoms in total. The van der Waals surface area contributed by atoms with Gasteiger partial charge in [-0.05, 0) is 0 Å². The molecular weight excluding hydrogens is 168 g/mol. The highest BCUT2D eigenvalue weighted by molar-refractivity contribution is 5.30. The van der Waals surface area contributed by atoms with Crippen molar-refractivity contribution >= 4 is 11.9 Å². The summed E-state index contributed by atoms with van der Waals surface area (Å²) >= 11 is 0. The molecule has 5 N–H and O–H groups in total. The first kappa shape index (κ1) is 9.66. The number of aromatic nitrogens is 3. The van der Waals surface area contributed by atoms with Gasteiger partial charge in [0.15, 0.2) is 0 Å². The Morgan fingerprint density at radius 1 is 1.15 bits per heavy atom. The Morgan fingerprint density at radius 3 is 2.23 bits per heavy atom. The van der Waals surface area contributed by atoms with E-state index in [0.29, 0.717) is 5.82 Å². The number of anilines is 2.